The summed E-state index contributed by atoms with van der Waals surface area (Å²) in [6.45, 7) is 1.19. The van der Waals surface area contributed by atoms with Crippen LogP contribution in [0.25, 0.3) is 0 Å². The summed E-state index contributed by atoms with van der Waals surface area (Å²) in [6.07, 6.45) is 0.711. The van der Waals surface area contributed by atoms with E-state index in [1.54, 1.807) is 30.3 Å². The van der Waals surface area contributed by atoms with Crippen molar-refractivity contribution in [1.29, 1.82) is 0 Å². The minimum atomic E-state index is -0.669. The molecule has 0 atom stereocenters. The molecule has 0 aliphatic carbocycles. The van der Waals surface area contributed by atoms with Gasteiger partial charge < -0.3 is 14.8 Å². The van der Waals surface area contributed by atoms with Gasteiger partial charge in [0.25, 0.3) is 5.91 Å². The number of aldehydes is 1. The fraction of sp³-hybridized carbons (Fsp3) is 0.167. The van der Waals surface area contributed by atoms with Gasteiger partial charge in [-0.1, -0.05) is 6.07 Å². The molecule has 2 rings (SSSR count). The van der Waals surface area contributed by atoms with Gasteiger partial charge in [0.2, 0.25) is 0 Å². The van der Waals surface area contributed by atoms with Crippen LogP contribution in [-0.4, -0.2) is 31.4 Å². The molecule has 2 aromatic carbocycles. The molecule has 25 heavy (non-hydrogen) atoms. The van der Waals surface area contributed by atoms with Crippen LogP contribution in [0.1, 0.15) is 15.9 Å². The second-order valence-corrected chi connectivity index (χ2v) is 6.02. The molecule has 0 unspecified atom stereocenters. The molecule has 0 radical (unpaired) electrons. The molecule has 0 spiro atoms. The Morgan fingerprint density at radius 2 is 1.84 bits per heavy atom. The Morgan fingerprint density at radius 1 is 1.12 bits per heavy atom. The van der Waals surface area contributed by atoms with Crippen molar-refractivity contribution in [3.05, 3.63) is 58.1 Å². The third kappa shape index (κ3) is 6.04. The number of nitrogens with one attached hydrogen (secondary N) is 1. The predicted molar refractivity (Wildman–Crippen MR) is 95.8 cm³/mol. The Bertz CT molecular complexity index is 774. The fourth-order valence-electron chi connectivity index (χ4n) is 1.88. The average molecular weight is 406 g/mol. The average Bonchev–Trinajstić information content (AvgIpc) is 2.61. The van der Waals surface area contributed by atoms with Crippen molar-refractivity contribution in [3.63, 3.8) is 0 Å². The standard InChI is InChI=1S/C18H16BrNO5/c1-12-2-7-16(15(19)8-12)20-17(22)10-25-18(23)11-24-14-5-3-13(9-21)4-6-14/h2-9H,10-11H2,1H3,(H,20,22). The topological polar surface area (TPSA) is 81.7 Å². The first-order chi connectivity index (χ1) is 12.0. The molecule has 0 aromatic heterocycles. The first-order valence-corrected chi connectivity index (χ1v) is 8.17. The zero-order chi connectivity index (χ0) is 18.2. The number of hydrogen-bond donors (Lipinski definition) is 1. The minimum absolute atomic E-state index is 0.331. The lowest BCUT2D eigenvalue weighted by molar-refractivity contribution is -0.149. The van der Waals surface area contributed by atoms with E-state index in [-0.39, 0.29) is 6.61 Å². The Hall–Kier alpha value is -2.67. The van der Waals surface area contributed by atoms with Crippen molar-refractivity contribution in [2.75, 3.05) is 18.5 Å². The normalized spacial score (nSPS) is 10.0. The van der Waals surface area contributed by atoms with Crippen LogP contribution in [0.5, 0.6) is 5.75 Å². The Kier molecular flexibility index (Phi) is 6.71. The van der Waals surface area contributed by atoms with E-state index in [4.69, 9.17) is 9.47 Å². The van der Waals surface area contributed by atoms with E-state index in [0.29, 0.717) is 23.3 Å². The first-order valence-electron chi connectivity index (χ1n) is 7.37. The van der Waals surface area contributed by atoms with E-state index in [1.165, 1.54) is 0 Å². The summed E-state index contributed by atoms with van der Waals surface area (Å²) in [7, 11) is 0. The van der Waals surface area contributed by atoms with E-state index >= 15 is 0 Å². The highest BCUT2D eigenvalue weighted by molar-refractivity contribution is 9.10. The van der Waals surface area contributed by atoms with E-state index in [2.05, 4.69) is 21.2 Å². The summed E-state index contributed by atoms with van der Waals surface area (Å²) >= 11 is 3.35. The van der Waals surface area contributed by atoms with Crippen LogP contribution in [0, 0.1) is 6.92 Å². The number of carbonyl (C=O) groups excluding carboxylic acids is 3. The zero-order valence-corrected chi connectivity index (χ0v) is 15.0. The van der Waals surface area contributed by atoms with Crippen molar-refractivity contribution >= 4 is 39.8 Å². The molecule has 0 aliphatic rings. The van der Waals surface area contributed by atoms with Crippen LogP contribution in [0.4, 0.5) is 5.69 Å². The lowest BCUT2D eigenvalue weighted by Gasteiger charge is -2.09. The number of amides is 1. The van der Waals surface area contributed by atoms with Crippen molar-refractivity contribution in [1.82, 2.24) is 0 Å². The third-order valence-electron chi connectivity index (χ3n) is 3.14. The summed E-state index contributed by atoms with van der Waals surface area (Å²) in [5.74, 6) is -0.693. The Balaban J connectivity index is 1.75. The maximum atomic E-state index is 11.8. The van der Waals surface area contributed by atoms with Crippen LogP contribution in [0.3, 0.4) is 0 Å². The van der Waals surface area contributed by atoms with Crippen molar-refractivity contribution in [2.45, 2.75) is 6.92 Å². The van der Waals surface area contributed by atoms with Crippen LogP contribution in [0.15, 0.2) is 46.9 Å². The molecule has 0 heterocycles. The molecule has 0 saturated heterocycles. The van der Waals surface area contributed by atoms with Gasteiger partial charge >= 0.3 is 5.97 Å². The first kappa shape index (κ1) is 18.7. The molecule has 1 amide bonds. The van der Waals surface area contributed by atoms with Crippen molar-refractivity contribution in [2.24, 2.45) is 0 Å². The monoisotopic (exact) mass is 405 g/mol. The number of rotatable bonds is 7. The lowest BCUT2D eigenvalue weighted by Crippen LogP contribution is -2.23. The molecule has 0 fully saturated rings. The molecule has 0 bridgehead atoms. The van der Waals surface area contributed by atoms with Gasteiger partial charge in [0.15, 0.2) is 13.2 Å². The number of esters is 1. The SMILES string of the molecule is Cc1ccc(NC(=O)COC(=O)COc2ccc(C=O)cc2)c(Br)c1. The number of ether oxygens (including phenoxy) is 2. The zero-order valence-electron chi connectivity index (χ0n) is 13.5. The van der Waals surface area contributed by atoms with Gasteiger partial charge in [-0.05, 0) is 64.8 Å². The number of aryl methyl sites for hydroxylation is 1. The van der Waals surface area contributed by atoms with E-state index in [9.17, 15) is 14.4 Å². The maximum Gasteiger partial charge on any atom is 0.344 e. The number of anilines is 1. The minimum Gasteiger partial charge on any atom is -0.482 e. The molecule has 6 nitrogen and oxygen atoms in total. The second kappa shape index (κ2) is 8.98. The predicted octanol–water partition coefficient (Wildman–Crippen LogP) is 3.13. The summed E-state index contributed by atoms with van der Waals surface area (Å²) in [6, 6.07) is 11.8. The number of benzene rings is 2. The number of halogens is 1. The molecule has 7 heteroatoms. The molecule has 0 aliphatic heterocycles. The summed E-state index contributed by atoms with van der Waals surface area (Å²) in [5, 5.41) is 2.64. The van der Waals surface area contributed by atoms with Gasteiger partial charge in [0.1, 0.15) is 12.0 Å². The summed E-state index contributed by atoms with van der Waals surface area (Å²) in [4.78, 5) is 34.0. The third-order valence-corrected chi connectivity index (χ3v) is 3.79. The Morgan fingerprint density at radius 3 is 2.48 bits per heavy atom. The molecule has 1 N–H and O–H groups in total. The number of carbonyl (C=O) groups is 3. The fourth-order valence-corrected chi connectivity index (χ4v) is 2.47. The summed E-state index contributed by atoms with van der Waals surface area (Å²) in [5.41, 5.74) is 2.15. The van der Waals surface area contributed by atoms with Crippen molar-refractivity contribution < 1.29 is 23.9 Å². The second-order valence-electron chi connectivity index (χ2n) is 5.17. The highest BCUT2D eigenvalue weighted by Crippen LogP contribution is 2.23. The highest BCUT2D eigenvalue weighted by atomic mass is 79.9. The van der Waals surface area contributed by atoms with Crippen LogP contribution in [-0.2, 0) is 14.3 Å². The van der Waals surface area contributed by atoms with Gasteiger partial charge in [0, 0.05) is 10.0 Å². The molecule has 0 saturated carbocycles. The smallest absolute Gasteiger partial charge is 0.344 e. The largest absolute Gasteiger partial charge is 0.482 e. The molecular weight excluding hydrogens is 390 g/mol. The molecule has 2 aromatic rings. The van der Waals surface area contributed by atoms with Gasteiger partial charge in [-0.15, -0.1) is 0 Å². The maximum absolute atomic E-state index is 11.8. The van der Waals surface area contributed by atoms with Gasteiger partial charge in [-0.3, -0.25) is 9.59 Å². The van der Waals surface area contributed by atoms with E-state index in [0.717, 1.165) is 10.0 Å². The van der Waals surface area contributed by atoms with Gasteiger partial charge in [-0.2, -0.15) is 0 Å². The van der Waals surface area contributed by atoms with Gasteiger partial charge in [0.05, 0.1) is 5.69 Å². The van der Waals surface area contributed by atoms with Crippen LogP contribution in [0.2, 0.25) is 0 Å². The van der Waals surface area contributed by atoms with Crippen LogP contribution < -0.4 is 10.1 Å². The molecule has 130 valence electrons. The lowest BCUT2D eigenvalue weighted by atomic mass is 10.2. The van der Waals surface area contributed by atoms with Gasteiger partial charge in [-0.25, -0.2) is 4.79 Å². The highest BCUT2D eigenvalue weighted by Gasteiger charge is 2.10. The van der Waals surface area contributed by atoms with Crippen molar-refractivity contribution in [3.8, 4) is 5.75 Å². The Labute approximate surface area is 153 Å². The number of hydrogen-bond acceptors (Lipinski definition) is 5. The summed E-state index contributed by atoms with van der Waals surface area (Å²) < 4.78 is 10.8. The van der Waals surface area contributed by atoms with Crippen LogP contribution >= 0.6 is 15.9 Å². The molecular formula is C18H16BrNO5. The van der Waals surface area contributed by atoms with E-state index in [1.807, 2.05) is 19.1 Å². The van der Waals surface area contributed by atoms with E-state index < -0.39 is 18.5 Å². The quantitative estimate of drug-likeness (QED) is 0.565.